The predicted molar refractivity (Wildman–Crippen MR) is 169 cm³/mol. The molecule has 0 saturated heterocycles. The van der Waals surface area contributed by atoms with Gasteiger partial charge in [-0.2, -0.15) is 17.3 Å². The number of rotatable bonds is 19. The van der Waals surface area contributed by atoms with Crippen LogP contribution in [0.4, 0.5) is 0 Å². The van der Waals surface area contributed by atoms with Crippen molar-refractivity contribution in [3.8, 4) is 0 Å². The van der Waals surface area contributed by atoms with Gasteiger partial charge >= 0.3 is 26.2 Å². The van der Waals surface area contributed by atoms with E-state index < -0.39 is 8.80 Å². The minimum absolute atomic E-state index is 0. The summed E-state index contributed by atoms with van der Waals surface area (Å²) in [4.78, 5) is 0. The van der Waals surface area contributed by atoms with Crippen molar-refractivity contribution in [1.82, 2.24) is 0 Å². The maximum absolute atomic E-state index is 4.35. The Labute approximate surface area is 250 Å². The van der Waals surface area contributed by atoms with E-state index in [0.29, 0.717) is 0 Å². The first-order valence-electron chi connectivity index (χ1n) is 15.2. The summed E-state index contributed by atoms with van der Waals surface area (Å²) in [5.74, 6) is 0. The van der Waals surface area contributed by atoms with Crippen molar-refractivity contribution in [2.24, 2.45) is 0 Å². The smallest absolute Gasteiger partial charge is 0.662 e. The maximum Gasteiger partial charge on any atom is 4.00 e. The molecule has 1 rings (SSSR count). The Morgan fingerprint density at radius 2 is 0.694 bits per heavy atom. The summed E-state index contributed by atoms with van der Waals surface area (Å²) in [5, 5.41) is 14.6. The molecule has 0 unspecified atom stereocenters. The van der Waals surface area contributed by atoms with Gasteiger partial charge in [-0.05, 0) is 0 Å². The molecule has 0 N–H and O–H groups in total. The molecule has 1 aromatic carbocycles. The molecule has 36 heavy (non-hydrogen) atoms. The van der Waals surface area contributed by atoms with Crippen LogP contribution in [0.15, 0.2) is 24.3 Å². The molecule has 0 aliphatic rings. The van der Waals surface area contributed by atoms with Crippen molar-refractivity contribution in [1.29, 1.82) is 0 Å². The average molecular weight is 599 g/mol. The molecule has 3 nitrogen and oxygen atoms in total. The van der Waals surface area contributed by atoms with Crippen LogP contribution in [0.2, 0.25) is 13.1 Å². The van der Waals surface area contributed by atoms with Gasteiger partial charge in [-0.25, -0.2) is 12.1 Å². The second-order valence-corrected chi connectivity index (χ2v) is 12.5. The van der Waals surface area contributed by atoms with Crippen LogP contribution < -0.4 is 5.19 Å². The first-order valence-corrected chi connectivity index (χ1v) is 18.0. The summed E-state index contributed by atoms with van der Waals surface area (Å²) in [6.07, 6.45) is 15.2. The van der Waals surface area contributed by atoms with Gasteiger partial charge in [-0.15, -0.1) is 39.3 Å². The third-order valence-corrected chi connectivity index (χ3v) is 7.09. The van der Waals surface area contributed by atoms with Gasteiger partial charge in [0.15, 0.2) is 0 Å². The van der Waals surface area contributed by atoms with E-state index in [1.54, 1.807) is 5.19 Å². The fraction of sp³-hybridized carbons (Fsp3) is 0.839. The number of hydrogen-bond acceptors (Lipinski definition) is 0. The Hall–Kier alpha value is 0.330. The van der Waals surface area contributed by atoms with E-state index >= 15 is 0 Å². The molecule has 0 spiro atoms. The molecule has 0 aliphatic carbocycles. The van der Waals surface area contributed by atoms with E-state index in [-0.39, 0.29) is 26.2 Å². The molecule has 0 fully saturated rings. The van der Waals surface area contributed by atoms with Gasteiger partial charge in [0.2, 0.25) is 0 Å². The van der Waals surface area contributed by atoms with Crippen molar-refractivity contribution >= 4 is 14.0 Å². The van der Waals surface area contributed by atoms with Crippen LogP contribution in [0.5, 0.6) is 0 Å². The normalized spacial score (nSPS) is 9.81. The fourth-order valence-corrected chi connectivity index (χ4v) is 3.72. The maximum atomic E-state index is 4.35. The third-order valence-electron chi connectivity index (χ3n) is 5.37. The van der Waals surface area contributed by atoms with Crippen LogP contribution in [-0.4, -0.2) is 48.1 Å². The van der Waals surface area contributed by atoms with E-state index in [4.69, 9.17) is 0 Å². The molecular formula is C31H65N3SiZr. The Balaban J connectivity index is -0.000000188. The second kappa shape index (κ2) is 42.4. The largest absolute Gasteiger partial charge is 4.00 e. The van der Waals surface area contributed by atoms with Gasteiger partial charge in [-0.3, -0.25) is 0 Å². The molecule has 0 radical (unpaired) electrons. The van der Waals surface area contributed by atoms with Crippen LogP contribution in [0.1, 0.15) is 119 Å². The van der Waals surface area contributed by atoms with Crippen LogP contribution in [-0.2, 0) is 26.2 Å². The van der Waals surface area contributed by atoms with E-state index in [1.807, 2.05) is 0 Å². The van der Waals surface area contributed by atoms with E-state index in [1.165, 1.54) is 77.0 Å². The average Bonchev–Trinajstić information content (AvgIpc) is 3.41. The molecule has 0 aliphatic heterocycles. The molecule has 0 amide bonds. The van der Waals surface area contributed by atoms with E-state index in [9.17, 15) is 0 Å². The first-order chi connectivity index (χ1) is 17.0. The zero-order valence-corrected chi connectivity index (χ0v) is 29.6. The number of hydrogen-bond donors (Lipinski definition) is 0. The molecule has 1 aromatic rings. The first kappa shape index (κ1) is 43.4. The second-order valence-electron chi connectivity index (χ2n) is 9.51. The molecule has 0 aromatic heterocycles. The molecule has 0 heterocycles. The Morgan fingerprint density at radius 3 is 0.833 bits per heavy atom. The summed E-state index contributed by atoms with van der Waals surface area (Å²) in [6, 6.07) is 8.67. The Morgan fingerprint density at radius 1 is 0.472 bits per heavy atom. The molecule has 0 saturated carbocycles. The summed E-state index contributed by atoms with van der Waals surface area (Å²) < 4.78 is 0. The van der Waals surface area contributed by atoms with Gasteiger partial charge in [0.1, 0.15) is 0 Å². The van der Waals surface area contributed by atoms with Crippen molar-refractivity contribution in [3.05, 3.63) is 40.2 Å². The molecule has 0 atom stereocenters. The van der Waals surface area contributed by atoms with E-state index in [2.05, 4.69) is 94.9 Å². The quantitative estimate of drug-likeness (QED) is 0.0864. The monoisotopic (exact) mass is 597 g/mol. The minimum atomic E-state index is -0.480. The Bertz CT molecular complexity index is 376. The van der Waals surface area contributed by atoms with Crippen LogP contribution in [0.25, 0.3) is 16.0 Å². The van der Waals surface area contributed by atoms with E-state index in [0.717, 1.165) is 39.3 Å². The summed E-state index contributed by atoms with van der Waals surface area (Å²) in [6.45, 7) is 24.4. The summed E-state index contributed by atoms with van der Waals surface area (Å²) in [7, 11) is -0.480. The van der Waals surface area contributed by atoms with Crippen molar-refractivity contribution in [3.63, 3.8) is 0 Å². The fourth-order valence-electron chi connectivity index (χ4n) is 2.73. The zero-order valence-electron chi connectivity index (χ0n) is 26.0. The van der Waals surface area contributed by atoms with Gasteiger partial charge < -0.3 is 16.0 Å². The standard InChI is InChI=1S/3C8H18N.C7H11Si.Zr/c3*1-3-5-7-9-8-6-4-2;1-8(2)7-5-3-4-6-7;/h3*3-8H2,1-2H3;3-6,8H,1-2H3;/q4*-1;+4. The molecule has 212 valence electrons. The molecular weight excluding hydrogens is 534 g/mol. The van der Waals surface area contributed by atoms with Crippen molar-refractivity contribution < 1.29 is 26.2 Å². The predicted octanol–water partition coefficient (Wildman–Crippen LogP) is 9.98. The van der Waals surface area contributed by atoms with Crippen LogP contribution in [0, 0.1) is 0 Å². The van der Waals surface area contributed by atoms with Gasteiger partial charge in [0.05, 0.1) is 0 Å². The zero-order chi connectivity index (χ0) is 26.8. The summed E-state index contributed by atoms with van der Waals surface area (Å²) in [5.41, 5.74) is 0. The van der Waals surface area contributed by atoms with Crippen molar-refractivity contribution in [2.75, 3.05) is 39.3 Å². The topological polar surface area (TPSA) is 42.3 Å². The molecule has 0 bridgehead atoms. The Kier molecular flexibility index (Phi) is 51.1. The van der Waals surface area contributed by atoms with Crippen LogP contribution >= 0.6 is 0 Å². The van der Waals surface area contributed by atoms with Gasteiger partial charge in [0.25, 0.3) is 0 Å². The summed E-state index contributed by atoms with van der Waals surface area (Å²) >= 11 is 0. The number of unbranched alkanes of at least 4 members (excludes halogenated alkanes) is 6. The van der Waals surface area contributed by atoms with Gasteiger partial charge in [-0.1, -0.05) is 132 Å². The van der Waals surface area contributed by atoms with Crippen LogP contribution in [0.3, 0.4) is 0 Å². The minimum Gasteiger partial charge on any atom is -0.662 e. The molecule has 5 heteroatoms. The van der Waals surface area contributed by atoms with Gasteiger partial charge in [0, 0.05) is 8.80 Å². The third kappa shape index (κ3) is 44.3. The SMILES string of the molecule is CCCC[N-]CCCC.CCCC[N-]CCCC.CCCC[N-]CCCC.C[SiH](C)[c-]1cccc1.[Zr+4]. The number of nitrogens with zero attached hydrogens (tertiary/aromatic N) is 3. The van der Waals surface area contributed by atoms with Crippen molar-refractivity contribution in [2.45, 2.75) is 132 Å².